The van der Waals surface area contributed by atoms with Crippen molar-refractivity contribution in [1.82, 2.24) is 10.3 Å². The molecule has 0 bridgehead atoms. The first kappa shape index (κ1) is 15.2. The van der Waals surface area contributed by atoms with Crippen LogP contribution in [0.25, 0.3) is 11.5 Å². The highest BCUT2D eigenvalue weighted by Gasteiger charge is 2.24. The van der Waals surface area contributed by atoms with Crippen molar-refractivity contribution in [3.8, 4) is 11.5 Å². The summed E-state index contributed by atoms with van der Waals surface area (Å²) in [5.41, 5.74) is 1.26. The molecule has 4 nitrogen and oxygen atoms in total. The van der Waals surface area contributed by atoms with Crippen molar-refractivity contribution in [1.29, 1.82) is 0 Å². The van der Waals surface area contributed by atoms with Crippen LogP contribution in [0.2, 0.25) is 0 Å². The predicted octanol–water partition coefficient (Wildman–Crippen LogP) is 3.12. The second-order valence-electron chi connectivity index (χ2n) is 5.86. The number of aromatic nitrogens is 1. The third kappa shape index (κ3) is 3.36. The lowest BCUT2D eigenvalue weighted by molar-refractivity contribution is 0.152. The molecule has 1 aliphatic carbocycles. The highest BCUT2D eigenvalue weighted by atomic mass is 19.1. The van der Waals surface area contributed by atoms with Gasteiger partial charge >= 0.3 is 0 Å². The zero-order valence-corrected chi connectivity index (χ0v) is 12.5. The minimum atomic E-state index is -0.264. The Balaban J connectivity index is 1.65. The highest BCUT2D eigenvalue weighted by molar-refractivity contribution is 5.53. The maximum atomic E-state index is 14.2. The standard InChI is InChI=1S/C17H21FN2O2/c18-15-9-12(17-19-7-8-22-17)5-6-13(15)10-20-16-4-2-1-3-14(16)11-21/h5-9,14,16,20-21H,1-4,10-11H2/t14-,16+/m0/s1. The summed E-state index contributed by atoms with van der Waals surface area (Å²) in [6.45, 7) is 0.669. The van der Waals surface area contributed by atoms with E-state index in [4.69, 9.17) is 4.42 Å². The van der Waals surface area contributed by atoms with Gasteiger partial charge in [0.05, 0.1) is 6.20 Å². The van der Waals surface area contributed by atoms with Gasteiger partial charge in [-0.05, 0) is 30.9 Å². The smallest absolute Gasteiger partial charge is 0.225 e. The van der Waals surface area contributed by atoms with E-state index in [2.05, 4.69) is 10.3 Å². The molecule has 1 aromatic carbocycles. The Bertz CT molecular complexity index is 601. The number of nitrogens with one attached hydrogen (secondary N) is 1. The molecule has 1 fully saturated rings. The molecular formula is C17H21FN2O2. The molecule has 0 unspecified atom stereocenters. The predicted molar refractivity (Wildman–Crippen MR) is 81.6 cm³/mol. The number of benzene rings is 1. The van der Waals surface area contributed by atoms with Crippen LogP contribution in [0.4, 0.5) is 4.39 Å². The van der Waals surface area contributed by atoms with Gasteiger partial charge in [-0.2, -0.15) is 0 Å². The Morgan fingerprint density at radius 3 is 2.91 bits per heavy atom. The number of nitrogens with zero attached hydrogens (tertiary/aromatic N) is 1. The third-order valence-electron chi connectivity index (χ3n) is 4.43. The molecule has 0 spiro atoms. The molecular weight excluding hydrogens is 283 g/mol. The first-order valence-electron chi connectivity index (χ1n) is 7.80. The van der Waals surface area contributed by atoms with Gasteiger partial charge in [-0.25, -0.2) is 9.37 Å². The van der Waals surface area contributed by atoms with Crippen molar-refractivity contribution in [3.63, 3.8) is 0 Å². The zero-order valence-electron chi connectivity index (χ0n) is 12.5. The average molecular weight is 304 g/mol. The quantitative estimate of drug-likeness (QED) is 0.891. The second-order valence-corrected chi connectivity index (χ2v) is 5.86. The van der Waals surface area contributed by atoms with Crippen LogP contribution in [0.3, 0.4) is 0 Å². The van der Waals surface area contributed by atoms with Crippen LogP contribution in [-0.2, 0) is 6.54 Å². The molecule has 0 radical (unpaired) electrons. The maximum Gasteiger partial charge on any atom is 0.225 e. The fourth-order valence-electron chi connectivity index (χ4n) is 3.13. The topological polar surface area (TPSA) is 58.3 Å². The van der Waals surface area contributed by atoms with E-state index in [1.54, 1.807) is 12.3 Å². The van der Waals surface area contributed by atoms with E-state index in [-0.39, 0.29) is 24.4 Å². The van der Waals surface area contributed by atoms with Gasteiger partial charge in [0.1, 0.15) is 12.1 Å². The van der Waals surface area contributed by atoms with Crippen molar-refractivity contribution >= 4 is 0 Å². The van der Waals surface area contributed by atoms with Crippen LogP contribution >= 0.6 is 0 Å². The Morgan fingerprint density at radius 2 is 2.18 bits per heavy atom. The number of aliphatic hydroxyl groups excluding tert-OH is 1. The molecule has 1 heterocycles. The summed E-state index contributed by atoms with van der Waals surface area (Å²) < 4.78 is 19.4. The van der Waals surface area contributed by atoms with Crippen molar-refractivity contribution in [2.45, 2.75) is 38.3 Å². The number of rotatable bonds is 5. The van der Waals surface area contributed by atoms with Gasteiger partial charge in [-0.3, -0.25) is 0 Å². The van der Waals surface area contributed by atoms with E-state index in [0.717, 1.165) is 12.8 Å². The van der Waals surface area contributed by atoms with Gasteiger partial charge in [0, 0.05) is 30.3 Å². The molecule has 1 aromatic heterocycles. The summed E-state index contributed by atoms with van der Waals surface area (Å²) in [5.74, 6) is 0.439. The third-order valence-corrected chi connectivity index (χ3v) is 4.43. The SMILES string of the molecule is OC[C@@H]1CCCC[C@H]1NCc1ccc(-c2ncco2)cc1F. The number of hydrogen-bond donors (Lipinski definition) is 2. The van der Waals surface area contributed by atoms with Gasteiger partial charge in [0.2, 0.25) is 5.89 Å². The van der Waals surface area contributed by atoms with E-state index in [0.29, 0.717) is 23.6 Å². The van der Waals surface area contributed by atoms with E-state index in [9.17, 15) is 9.50 Å². The molecule has 1 saturated carbocycles. The van der Waals surface area contributed by atoms with Gasteiger partial charge in [-0.15, -0.1) is 0 Å². The van der Waals surface area contributed by atoms with Crippen LogP contribution in [0.5, 0.6) is 0 Å². The van der Waals surface area contributed by atoms with Crippen molar-refractivity contribution in [2.24, 2.45) is 5.92 Å². The van der Waals surface area contributed by atoms with Crippen LogP contribution in [0.1, 0.15) is 31.2 Å². The van der Waals surface area contributed by atoms with E-state index >= 15 is 0 Å². The van der Waals surface area contributed by atoms with Crippen LogP contribution < -0.4 is 5.32 Å². The summed E-state index contributed by atoms with van der Waals surface area (Å²) in [7, 11) is 0. The lowest BCUT2D eigenvalue weighted by Gasteiger charge is -2.31. The summed E-state index contributed by atoms with van der Waals surface area (Å²) in [6.07, 6.45) is 7.44. The first-order valence-corrected chi connectivity index (χ1v) is 7.80. The molecule has 0 aliphatic heterocycles. The molecule has 0 saturated heterocycles. The molecule has 3 rings (SSSR count). The monoisotopic (exact) mass is 304 g/mol. The minimum absolute atomic E-state index is 0.198. The molecule has 0 amide bonds. The Labute approximate surface area is 129 Å². The molecule has 118 valence electrons. The average Bonchev–Trinajstić information content (AvgIpc) is 3.08. The van der Waals surface area contributed by atoms with E-state index in [1.165, 1.54) is 25.2 Å². The number of oxazole rings is 1. The zero-order chi connectivity index (χ0) is 15.4. The summed E-state index contributed by atoms with van der Waals surface area (Å²) in [6, 6.07) is 5.30. The van der Waals surface area contributed by atoms with Crippen molar-refractivity contribution in [3.05, 3.63) is 42.0 Å². The molecule has 1 aliphatic rings. The normalized spacial score (nSPS) is 21.9. The lowest BCUT2D eigenvalue weighted by atomic mass is 9.85. The van der Waals surface area contributed by atoms with Gasteiger partial charge in [0.25, 0.3) is 0 Å². The van der Waals surface area contributed by atoms with Crippen molar-refractivity contribution < 1.29 is 13.9 Å². The Hall–Kier alpha value is -1.72. The minimum Gasteiger partial charge on any atom is -0.445 e. The summed E-state index contributed by atoms with van der Waals surface area (Å²) in [5, 5.41) is 12.8. The van der Waals surface area contributed by atoms with Crippen LogP contribution in [0, 0.1) is 11.7 Å². The second kappa shape index (κ2) is 7.03. The largest absolute Gasteiger partial charge is 0.445 e. The molecule has 2 atom stereocenters. The van der Waals surface area contributed by atoms with Crippen LogP contribution in [-0.4, -0.2) is 22.7 Å². The van der Waals surface area contributed by atoms with Gasteiger partial charge in [0.15, 0.2) is 0 Å². The Morgan fingerprint density at radius 1 is 1.32 bits per heavy atom. The number of hydrogen-bond acceptors (Lipinski definition) is 4. The molecule has 2 N–H and O–H groups in total. The van der Waals surface area contributed by atoms with Gasteiger partial charge < -0.3 is 14.8 Å². The molecule has 2 aromatic rings. The number of aliphatic hydroxyl groups is 1. The van der Waals surface area contributed by atoms with Crippen LogP contribution in [0.15, 0.2) is 35.1 Å². The molecule has 5 heteroatoms. The van der Waals surface area contributed by atoms with E-state index in [1.807, 2.05) is 6.07 Å². The van der Waals surface area contributed by atoms with E-state index < -0.39 is 0 Å². The van der Waals surface area contributed by atoms with Gasteiger partial charge in [-0.1, -0.05) is 18.9 Å². The fourth-order valence-corrected chi connectivity index (χ4v) is 3.13. The summed E-state index contributed by atoms with van der Waals surface area (Å²) in [4.78, 5) is 4.02. The van der Waals surface area contributed by atoms with Crippen molar-refractivity contribution in [2.75, 3.05) is 6.61 Å². The lowest BCUT2D eigenvalue weighted by Crippen LogP contribution is -2.39. The highest BCUT2D eigenvalue weighted by Crippen LogP contribution is 2.25. The fraction of sp³-hybridized carbons (Fsp3) is 0.471. The summed E-state index contributed by atoms with van der Waals surface area (Å²) >= 11 is 0. The Kier molecular flexibility index (Phi) is 4.85. The molecule has 22 heavy (non-hydrogen) atoms. The number of halogens is 1. The maximum absolute atomic E-state index is 14.2. The first-order chi connectivity index (χ1) is 10.8.